The van der Waals surface area contributed by atoms with Crippen molar-refractivity contribution < 1.29 is 0 Å². The minimum absolute atomic E-state index is 0.428. The largest absolute Gasteiger partial charge is 0.256 e. The lowest BCUT2D eigenvalue weighted by atomic mass is 10.3. The van der Waals surface area contributed by atoms with Crippen LogP contribution in [0.2, 0.25) is 0 Å². The van der Waals surface area contributed by atoms with Gasteiger partial charge in [0.25, 0.3) is 0 Å². The summed E-state index contributed by atoms with van der Waals surface area (Å²) < 4.78 is 0.958. The monoisotopic (exact) mass is 222 g/mol. The number of aromatic nitrogens is 1. The molecule has 12 heavy (non-hydrogen) atoms. The molecule has 1 aromatic rings. The van der Waals surface area contributed by atoms with Gasteiger partial charge in [-0.2, -0.15) is 5.26 Å². The Balaban J connectivity index is 2.66. The zero-order valence-corrected chi connectivity index (χ0v) is 7.95. The van der Waals surface area contributed by atoms with Crippen molar-refractivity contribution >= 4 is 22.0 Å². The van der Waals surface area contributed by atoms with E-state index in [1.807, 2.05) is 24.3 Å². The van der Waals surface area contributed by atoms with Gasteiger partial charge >= 0.3 is 0 Å². The van der Waals surface area contributed by atoms with Crippen molar-refractivity contribution in [1.82, 2.24) is 4.98 Å². The number of pyridine rings is 1. The van der Waals surface area contributed by atoms with E-state index < -0.39 is 0 Å². The Labute approximate surface area is 79.7 Å². The fourth-order valence-corrected chi connectivity index (χ4v) is 0.953. The first-order valence-electron chi connectivity index (χ1n) is 3.48. The van der Waals surface area contributed by atoms with Gasteiger partial charge in [-0.1, -0.05) is 6.08 Å². The van der Waals surface area contributed by atoms with Crippen molar-refractivity contribution in [2.45, 2.75) is 6.42 Å². The van der Waals surface area contributed by atoms with E-state index in [0.29, 0.717) is 6.42 Å². The summed E-state index contributed by atoms with van der Waals surface area (Å²) in [5, 5.41) is 8.26. The fourth-order valence-electron chi connectivity index (χ4n) is 0.718. The molecule has 0 bridgehead atoms. The average molecular weight is 223 g/mol. The standard InChI is InChI=1S/C9H7BrN2/c10-8-4-5-9(12-7-8)3-1-2-6-11/h1,3-5,7H,2H2. The molecule has 0 saturated carbocycles. The lowest BCUT2D eigenvalue weighted by Gasteiger charge is -1.90. The Bertz CT molecular complexity index is 308. The van der Waals surface area contributed by atoms with Gasteiger partial charge in [0, 0.05) is 10.7 Å². The highest BCUT2D eigenvalue weighted by Crippen LogP contribution is 2.08. The molecule has 0 amide bonds. The zero-order chi connectivity index (χ0) is 8.81. The van der Waals surface area contributed by atoms with Gasteiger partial charge in [0.2, 0.25) is 0 Å². The lowest BCUT2D eigenvalue weighted by molar-refractivity contribution is 1.27. The molecule has 0 spiro atoms. The van der Waals surface area contributed by atoms with Crippen LogP contribution >= 0.6 is 15.9 Å². The SMILES string of the molecule is N#CCC=Cc1ccc(Br)cn1. The molecule has 60 valence electrons. The Morgan fingerprint density at radius 1 is 1.58 bits per heavy atom. The molecule has 0 aliphatic rings. The minimum atomic E-state index is 0.428. The summed E-state index contributed by atoms with van der Waals surface area (Å²) in [5.41, 5.74) is 0.869. The van der Waals surface area contributed by atoms with Gasteiger partial charge in [-0.25, -0.2) is 0 Å². The molecule has 1 aromatic heterocycles. The molecule has 0 aromatic carbocycles. The van der Waals surface area contributed by atoms with Crippen LogP contribution in [0.25, 0.3) is 6.08 Å². The maximum absolute atomic E-state index is 8.26. The van der Waals surface area contributed by atoms with Gasteiger partial charge < -0.3 is 0 Å². The van der Waals surface area contributed by atoms with E-state index in [1.165, 1.54) is 0 Å². The minimum Gasteiger partial charge on any atom is -0.256 e. The van der Waals surface area contributed by atoms with Crippen LogP contribution in [-0.2, 0) is 0 Å². The van der Waals surface area contributed by atoms with E-state index in [4.69, 9.17) is 5.26 Å². The van der Waals surface area contributed by atoms with Crippen molar-refractivity contribution in [2.75, 3.05) is 0 Å². The van der Waals surface area contributed by atoms with Crippen LogP contribution in [0.3, 0.4) is 0 Å². The molecule has 1 heterocycles. The van der Waals surface area contributed by atoms with E-state index in [0.717, 1.165) is 10.2 Å². The molecule has 0 N–H and O–H groups in total. The second-order valence-corrected chi connectivity index (χ2v) is 3.08. The summed E-state index contributed by atoms with van der Waals surface area (Å²) in [5.74, 6) is 0. The molecule has 2 nitrogen and oxygen atoms in total. The van der Waals surface area contributed by atoms with Crippen molar-refractivity contribution in [3.05, 3.63) is 34.6 Å². The number of nitrogens with zero attached hydrogens (tertiary/aromatic N) is 2. The Kier molecular flexibility index (Phi) is 3.49. The number of nitriles is 1. The van der Waals surface area contributed by atoms with Gasteiger partial charge in [-0.05, 0) is 34.1 Å². The van der Waals surface area contributed by atoms with Crippen LogP contribution in [0.5, 0.6) is 0 Å². The van der Waals surface area contributed by atoms with E-state index in [-0.39, 0.29) is 0 Å². The molecule has 0 saturated heterocycles. The van der Waals surface area contributed by atoms with Crippen LogP contribution in [0.1, 0.15) is 12.1 Å². The lowest BCUT2D eigenvalue weighted by Crippen LogP contribution is -1.77. The molecule has 1 rings (SSSR count). The quantitative estimate of drug-likeness (QED) is 0.772. The summed E-state index contributed by atoms with van der Waals surface area (Å²) >= 11 is 3.29. The van der Waals surface area contributed by atoms with Gasteiger partial charge in [0.05, 0.1) is 18.2 Å². The molecular weight excluding hydrogens is 216 g/mol. The molecule has 3 heteroatoms. The van der Waals surface area contributed by atoms with E-state index >= 15 is 0 Å². The molecule has 0 fully saturated rings. The molecule has 0 aliphatic carbocycles. The third kappa shape index (κ3) is 2.85. The van der Waals surface area contributed by atoms with Crippen LogP contribution in [-0.4, -0.2) is 4.98 Å². The van der Waals surface area contributed by atoms with Crippen LogP contribution < -0.4 is 0 Å². The second kappa shape index (κ2) is 4.68. The van der Waals surface area contributed by atoms with Crippen molar-refractivity contribution in [3.63, 3.8) is 0 Å². The fraction of sp³-hybridized carbons (Fsp3) is 0.111. The first-order valence-corrected chi connectivity index (χ1v) is 4.27. The number of hydrogen-bond acceptors (Lipinski definition) is 2. The molecule has 0 radical (unpaired) electrons. The Morgan fingerprint density at radius 3 is 3.00 bits per heavy atom. The third-order valence-corrected chi connectivity index (χ3v) is 1.72. The number of hydrogen-bond donors (Lipinski definition) is 0. The number of rotatable bonds is 2. The van der Waals surface area contributed by atoms with Crippen molar-refractivity contribution in [3.8, 4) is 6.07 Å². The normalized spacial score (nSPS) is 10.0. The first-order chi connectivity index (χ1) is 5.83. The average Bonchev–Trinajstić information content (AvgIpc) is 2.09. The predicted molar refractivity (Wildman–Crippen MR) is 51.2 cm³/mol. The van der Waals surface area contributed by atoms with Crippen LogP contribution in [0.15, 0.2) is 28.9 Å². The van der Waals surface area contributed by atoms with Crippen LogP contribution in [0, 0.1) is 11.3 Å². The Hall–Kier alpha value is -1.14. The maximum atomic E-state index is 8.26. The highest BCUT2D eigenvalue weighted by Gasteiger charge is 1.87. The molecule has 0 unspecified atom stereocenters. The van der Waals surface area contributed by atoms with Crippen molar-refractivity contribution in [2.24, 2.45) is 0 Å². The summed E-state index contributed by atoms with van der Waals surface area (Å²) in [6.07, 6.45) is 5.77. The highest BCUT2D eigenvalue weighted by molar-refractivity contribution is 9.10. The summed E-state index contributed by atoms with van der Waals surface area (Å²) in [6.45, 7) is 0. The topological polar surface area (TPSA) is 36.7 Å². The van der Waals surface area contributed by atoms with Gasteiger partial charge in [0.1, 0.15) is 0 Å². The van der Waals surface area contributed by atoms with Crippen LogP contribution in [0.4, 0.5) is 0 Å². The number of allylic oxidation sites excluding steroid dienone is 1. The van der Waals surface area contributed by atoms with Crippen molar-refractivity contribution in [1.29, 1.82) is 5.26 Å². The number of halogens is 1. The zero-order valence-electron chi connectivity index (χ0n) is 6.37. The van der Waals surface area contributed by atoms with E-state index in [1.54, 1.807) is 12.3 Å². The third-order valence-electron chi connectivity index (χ3n) is 1.25. The van der Waals surface area contributed by atoms with Gasteiger partial charge in [-0.3, -0.25) is 4.98 Å². The second-order valence-electron chi connectivity index (χ2n) is 2.17. The first kappa shape index (κ1) is 8.95. The van der Waals surface area contributed by atoms with E-state index in [2.05, 4.69) is 20.9 Å². The Morgan fingerprint density at radius 2 is 2.42 bits per heavy atom. The molecular formula is C9H7BrN2. The maximum Gasteiger partial charge on any atom is 0.0663 e. The summed E-state index contributed by atoms with van der Waals surface area (Å²) in [6, 6.07) is 5.83. The summed E-state index contributed by atoms with van der Waals surface area (Å²) in [4.78, 5) is 4.11. The smallest absolute Gasteiger partial charge is 0.0663 e. The van der Waals surface area contributed by atoms with Gasteiger partial charge in [0.15, 0.2) is 0 Å². The molecule has 0 atom stereocenters. The highest BCUT2D eigenvalue weighted by atomic mass is 79.9. The predicted octanol–water partition coefficient (Wildman–Crippen LogP) is 2.77. The van der Waals surface area contributed by atoms with Gasteiger partial charge in [-0.15, -0.1) is 0 Å². The summed E-state index contributed by atoms with van der Waals surface area (Å²) in [7, 11) is 0. The molecule has 0 aliphatic heterocycles. The van der Waals surface area contributed by atoms with E-state index in [9.17, 15) is 0 Å².